The van der Waals surface area contributed by atoms with Gasteiger partial charge in [-0.05, 0) is 17.7 Å². The fraction of sp³-hybridized carbons (Fsp3) is 0.0714. The Morgan fingerprint density at radius 2 is 1.76 bits per heavy atom. The van der Waals surface area contributed by atoms with Gasteiger partial charge in [-0.1, -0.05) is 42.5 Å². The summed E-state index contributed by atoms with van der Waals surface area (Å²) in [5, 5.41) is 9.86. The maximum atomic E-state index is 13.0. The molecular weight excluding hydrogens is 219 g/mol. The number of Topliss-reactive ketones (excluding diaryl/α,β-unsaturated/α-hetero) is 1. The Hall–Kier alpha value is -2.00. The maximum Gasteiger partial charge on any atom is 0.195 e. The molecule has 0 aliphatic heterocycles. The topological polar surface area (TPSA) is 37.3 Å². The molecule has 2 aromatic rings. The van der Waals surface area contributed by atoms with E-state index < -0.39 is 17.7 Å². The fourth-order valence-electron chi connectivity index (χ4n) is 1.59. The zero-order valence-corrected chi connectivity index (χ0v) is 9.01. The number of carbonyl (C=O) groups is 1. The van der Waals surface area contributed by atoms with Crippen LogP contribution >= 0.6 is 0 Å². The molecule has 2 nitrogen and oxygen atoms in total. The van der Waals surface area contributed by atoms with Crippen molar-refractivity contribution in [2.45, 2.75) is 6.10 Å². The molecule has 0 heterocycles. The SMILES string of the molecule is O=C(c1cccc(F)c1)C(O)c1ccccc1. The molecule has 1 N–H and O–H groups in total. The smallest absolute Gasteiger partial charge is 0.195 e. The lowest BCUT2D eigenvalue weighted by atomic mass is 10.00. The van der Waals surface area contributed by atoms with E-state index in [9.17, 15) is 14.3 Å². The van der Waals surface area contributed by atoms with E-state index in [1.807, 2.05) is 0 Å². The second kappa shape index (κ2) is 4.89. The number of carbonyl (C=O) groups excluding carboxylic acids is 1. The first kappa shape index (κ1) is 11.5. The normalized spacial score (nSPS) is 12.1. The molecule has 86 valence electrons. The number of aliphatic hydroxyl groups excluding tert-OH is 1. The average molecular weight is 230 g/mol. The second-order valence-electron chi connectivity index (χ2n) is 3.69. The molecule has 0 bridgehead atoms. The summed E-state index contributed by atoms with van der Waals surface area (Å²) >= 11 is 0. The number of hydrogen-bond acceptors (Lipinski definition) is 2. The summed E-state index contributed by atoms with van der Waals surface area (Å²) in [4.78, 5) is 11.9. The summed E-state index contributed by atoms with van der Waals surface area (Å²) in [5.41, 5.74) is 0.670. The van der Waals surface area contributed by atoms with Gasteiger partial charge in [0.05, 0.1) is 0 Å². The maximum absolute atomic E-state index is 13.0. The second-order valence-corrected chi connectivity index (χ2v) is 3.69. The van der Waals surface area contributed by atoms with Gasteiger partial charge >= 0.3 is 0 Å². The third-order valence-corrected chi connectivity index (χ3v) is 2.47. The van der Waals surface area contributed by atoms with Crippen molar-refractivity contribution in [3.63, 3.8) is 0 Å². The van der Waals surface area contributed by atoms with Crippen LogP contribution in [0.3, 0.4) is 0 Å². The summed E-state index contributed by atoms with van der Waals surface area (Å²) < 4.78 is 13.0. The standard InChI is InChI=1S/C14H11FO2/c15-12-8-4-7-11(9-12)14(17)13(16)10-5-2-1-3-6-10/h1-9,13,16H. The van der Waals surface area contributed by atoms with Crippen molar-refractivity contribution in [3.05, 3.63) is 71.5 Å². The highest BCUT2D eigenvalue weighted by Crippen LogP contribution is 2.18. The molecule has 1 atom stereocenters. The molecule has 0 spiro atoms. The highest BCUT2D eigenvalue weighted by atomic mass is 19.1. The first-order valence-electron chi connectivity index (χ1n) is 5.21. The Balaban J connectivity index is 2.27. The molecule has 0 amide bonds. The van der Waals surface area contributed by atoms with Crippen LogP contribution in [-0.2, 0) is 0 Å². The molecule has 2 aromatic carbocycles. The first-order valence-corrected chi connectivity index (χ1v) is 5.21. The van der Waals surface area contributed by atoms with Crippen LogP contribution in [0.25, 0.3) is 0 Å². The highest BCUT2D eigenvalue weighted by Gasteiger charge is 2.18. The number of hydrogen-bond donors (Lipinski definition) is 1. The van der Waals surface area contributed by atoms with Gasteiger partial charge in [0, 0.05) is 5.56 Å². The molecule has 2 rings (SSSR count). The predicted molar refractivity (Wildman–Crippen MR) is 62.1 cm³/mol. The van der Waals surface area contributed by atoms with Crippen molar-refractivity contribution >= 4 is 5.78 Å². The number of rotatable bonds is 3. The van der Waals surface area contributed by atoms with Crippen molar-refractivity contribution in [2.75, 3.05) is 0 Å². The van der Waals surface area contributed by atoms with Gasteiger partial charge in [-0.25, -0.2) is 4.39 Å². The molecular formula is C14H11FO2. The van der Waals surface area contributed by atoms with E-state index in [0.29, 0.717) is 5.56 Å². The van der Waals surface area contributed by atoms with E-state index in [-0.39, 0.29) is 5.56 Å². The Bertz CT molecular complexity index is 523. The summed E-state index contributed by atoms with van der Waals surface area (Å²) in [6, 6.07) is 13.9. The number of benzene rings is 2. The average Bonchev–Trinajstić information content (AvgIpc) is 2.38. The Kier molecular flexibility index (Phi) is 3.30. The molecule has 0 saturated carbocycles. The number of halogens is 1. The molecule has 1 unspecified atom stereocenters. The number of ketones is 1. The lowest BCUT2D eigenvalue weighted by molar-refractivity contribution is 0.0747. The van der Waals surface area contributed by atoms with Crippen LogP contribution in [0, 0.1) is 5.82 Å². The summed E-state index contributed by atoms with van der Waals surface area (Å²) in [5.74, 6) is -0.994. The Labute approximate surface area is 98.3 Å². The quantitative estimate of drug-likeness (QED) is 0.823. The molecule has 0 radical (unpaired) electrons. The monoisotopic (exact) mass is 230 g/mol. The van der Waals surface area contributed by atoms with Crippen LogP contribution < -0.4 is 0 Å². The molecule has 0 aliphatic carbocycles. The van der Waals surface area contributed by atoms with Gasteiger partial charge in [-0.3, -0.25) is 4.79 Å². The van der Waals surface area contributed by atoms with Crippen LogP contribution in [0.4, 0.5) is 4.39 Å². The van der Waals surface area contributed by atoms with Crippen LogP contribution in [0.1, 0.15) is 22.0 Å². The van der Waals surface area contributed by atoms with Gasteiger partial charge in [-0.15, -0.1) is 0 Å². The van der Waals surface area contributed by atoms with E-state index in [1.165, 1.54) is 18.2 Å². The lowest BCUT2D eigenvalue weighted by Gasteiger charge is -2.09. The van der Waals surface area contributed by atoms with Crippen LogP contribution in [0.15, 0.2) is 54.6 Å². The van der Waals surface area contributed by atoms with Gasteiger partial charge in [0.1, 0.15) is 11.9 Å². The highest BCUT2D eigenvalue weighted by molar-refractivity contribution is 5.99. The third kappa shape index (κ3) is 2.57. The van der Waals surface area contributed by atoms with Crippen LogP contribution in [0.2, 0.25) is 0 Å². The van der Waals surface area contributed by atoms with Crippen molar-refractivity contribution in [1.82, 2.24) is 0 Å². The lowest BCUT2D eigenvalue weighted by Crippen LogP contribution is -2.12. The summed E-state index contributed by atoms with van der Waals surface area (Å²) in [6.07, 6.45) is -1.25. The zero-order chi connectivity index (χ0) is 12.3. The van der Waals surface area contributed by atoms with Gasteiger partial charge in [0.15, 0.2) is 5.78 Å². The predicted octanol–water partition coefficient (Wildman–Crippen LogP) is 2.74. The molecule has 0 fully saturated rings. The summed E-state index contributed by atoms with van der Waals surface area (Å²) in [7, 11) is 0. The van der Waals surface area contributed by atoms with Crippen molar-refractivity contribution in [3.8, 4) is 0 Å². The molecule has 0 aromatic heterocycles. The van der Waals surface area contributed by atoms with E-state index in [2.05, 4.69) is 0 Å². The van der Waals surface area contributed by atoms with Gasteiger partial charge < -0.3 is 5.11 Å². The van der Waals surface area contributed by atoms with E-state index >= 15 is 0 Å². The molecule has 17 heavy (non-hydrogen) atoms. The minimum absolute atomic E-state index is 0.168. The van der Waals surface area contributed by atoms with Crippen molar-refractivity contribution < 1.29 is 14.3 Å². The van der Waals surface area contributed by atoms with E-state index in [1.54, 1.807) is 30.3 Å². The van der Waals surface area contributed by atoms with E-state index in [0.717, 1.165) is 6.07 Å². The largest absolute Gasteiger partial charge is 0.380 e. The van der Waals surface area contributed by atoms with Gasteiger partial charge in [0.2, 0.25) is 0 Å². The summed E-state index contributed by atoms with van der Waals surface area (Å²) in [6.45, 7) is 0. The molecule has 0 saturated heterocycles. The molecule has 0 aliphatic rings. The first-order chi connectivity index (χ1) is 8.18. The van der Waals surface area contributed by atoms with Crippen LogP contribution in [0.5, 0.6) is 0 Å². The van der Waals surface area contributed by atoms with Gasteiger partial charge in [0.25, 0.3) is 0 Å². The third-order valence-electron chi connectivity index (χ3n) is 2.47. The Morgan fingerprint density at radius 3 is 2.41 bits per heavy atom. The number of aliphatic hydroxyl groups is 1. The van der Waals surface area contributed by atoms with Crippen molar-refractivity contribution in [1.29, 1.82) is 0 Å². The Morgan fingerprint density at radius 1 is 1.06 bits per heavy atom. The zero-order valence-electron chi connectivity index (χ0n) is 9.01. The minimum atomic E-state index is -1.25. The van der Waals surface area contributed by atoms with E-state index in [4.69, 9.17) is 0 Å². The van der Waals surface area contributed by atoms with Crippen LogP contribution in [-0.4, -0.2) is 10.9 Å². The fourth-order valence-corrected chi connectivity index (χ4v) is 1.59. The van der Waals surface area contributed by atoms with Gasteiger partial charge in [-0.2, -0.15) is 0 Å². The van der Waals surface area contributed by atoms with Crippen molar-refractivity contribution in [2.24, 2.45) is 0 Å². The minimum Gasteiger partial charge on any atom is -0.380 e. The molecule has 3 heteroatoms.